The molecule has 0 saturated carbocycles. The summed E-state index contributed by atoms with van der Waals surface area (Å²) in [5, 5.41) is 9.71. The number of fused-ring (bicyclic) bond motifs is 2. The molecule has 2 heterocycles. The Kier molecular flexibility index (Phi) is 6.54. The van der Waals surface area contributed by atoms with Gasteiger partial charge in [0.25, 0.3) is 0 Å². The minimum Gasteiger partial charge on any atom is -0.444 e. The molecule has 4 atom stereocenters. The van der Waals surface area contributed by atoms with Crippen molar-refractivity contribution in [3.05, 3.63) is 0 Å². The fourth-order valence-corrected chi connectivity index (χ4v) is 3.28. The number of carbonyl (C=O) groups is 1. The van der Waals surface area contributed by atoms with Crippen molar-refractivity contribution in [2.75, 3.05) is 13.6 Å². The van der Waals surface area contributed by atoms with E-state index in [4.69, 9.17) is 9.47 Å². The summed E-state index contributed by atoms with van der Waals surface area (Å²) < 4.78 is 11.2. The SMILES string of the molecule is CN=C(NCC(NC(=O)OC(C)(C)C)C(C)C)NC1CC2CCC1O2. The Morgan fingerprint density at radius 3 is 2.52 bits per heavy atom. The van der Waals surface area contributed by atoms with Crippen molar-refractivity contribution in [1.82, 2.24) is 16.0 Å². The highest BCUT2D eigenvalue weighted by atomic mass is 16.6. The van der Waals surface area contributed by atoms with Crippen molar-refractivity contribution in [2.24, 2.45) is 10.9 Å². The molecule has 0 radical (unpaired) electrons. The summed E-state index contributed by atoms with van der Waals surface area (Å²) in [6, 6.07) is 0.269. The second kappa shape index (κ2) is 8.25. The lowest BCUT2D eigenvalue weighted by molar-refractivity contribution is 0.0491. The molecular formula is C18H34N4O3. The molecule has 25 heavy (non-hydrogen) atoms. The quantitative estimate of drug-likeness (QED) is 0.520. The molecule has 0 aromatic carbocycles. The summed E-state index contributed by atoms with van der Waals surface area (Å²) in [4.78, 5) is 16.3. The van der Waals surface area contributed by atoms with Gasteiger partial charge >= 0.3 is 6.09 Å². The summed E-state index contributed by atoms with van der Waals surface area (Å²) >= 11 is 0. The molecular weight excluding hydrogens is 320 g/mol. The number of guanidine groups is 1. The normalized spacial score (nSPS) is 27.3. The number of nitrogens with zero attached hydrogens (tertiary/aromatic N) is 1. The fourth-order valence-electron chi connectivity index (χ4n) is 3.28. The molecule has 4 unspecified atom stereocenters. The molecule has 2 aliphatic rings. The Balaban J connectivity index is 1.81. The van der Waals surface area contributed by atoms with Gasteiger partial charge in [0.15, 0.2) is 5.96 Å². The van der Waals surface area contributed by atoms with Gasteiger partial charge in [-0.25, -0.2) is 4.79 Å². The van der Waals surface area contributed by atoms with Crippen molar-refractivity contribution in [3.63, 3.8) is 0 Å². The average molecular weight is 354 g/mol. The molecule has 7 heteroatoms. The van der Waals surface area contributed by atoms with Crippen LogP contribution in [0.1, 0.15) is 53.9 Å². The minimum atomic E-state index is -0.502. The molecule has 0 spiro atoms. The van der Waals surface area contributed by atoms with Gasteiger partial charge in [-0.2, -0.15) is 0 Å². The molecule has 0 aromatic heterocycles. The number of nitrogens with one attached hydrogen (secondary N) is 3. The molecule has 2 bridgehead atoms. The van der Waals surface area contributed by atoms with Crippen LogP contribution in [0.4, 0.5) is 4.79 Å². The van der Waals surface area contributed by atoms with Crippen LogP contribution < -0.4 is 16.0 Å². The second-order valence-electron chi connectivity index (χ2n) is 8.31. The molecule has 2 rings (SSSR count). The first kappa shape index (κ1) is 19.8. The van der Waals surface area contributed by atoms with E-state index in [0.29, 0.717) is 24.8 Å². The number of alkyl carbamates (subject to hydrolysis) is 1. The van der Waals surface area contributed by atoms with E-state index in [1.54, 1.807) is 7.05 Å². The molecule has 2 fully saturated rings. The van der Waals surface area contributed by atoms with Gasteiger partial charge in [0.05, 0.1) is 24.3 Å². The fraction of sp³-hybridized carbons (Fsp3) is 0.889. The molecule has 144 valence electrons. The van der Waals surface area contributed by atoms with Crippen molar-refractivity contribution in [3.8, 4) is 0 Å². The maximum absolute atomic E-state index is 12.0. The summed E-state index contributed by atoms with van der Waals surface area (Å²) in [6.45, 7) is 10.3. The van der Waals surface area contributed by atoms with Gasteiger partial charge in [0.1, 0.15) is 5.60 Å². The molecule has 0 aliphatic carbocycles. The van der Waals surface area contributed by atoms with Crippen LogP contribution in [0.5, 0.6) is 0 Å². The van der Waals surface area contributed by atoms with Gasteiger partial charge in [-0.1, -0.05) is 13.8 Å². The number of hydrogen-bond acceptors (Lipinski definition) is 4. The summed E-state index contributed by atoms with van der Waals surface area (Å²) in [7, 11) is 1.76. The Labute approximate surface area is 151 Å². The summed E-state index contributed by atoms with van der Waals surface area (Å²) in [5.74, 6) is 1.02. The number of ether oxygens (including phenoxy) is 2. The Hall–Kier alpha value is -1.50. The predicted molar refractivity (Wildman–Crippen MR) is 98.8 cm³/mol. The van der Waals surface area contributed by atoms with Crippen LogP contribution in [0.15, 0.2) is 4.99 Å². The van der Waals surface area contributed by atoms with Crippen LogP contribution in [-0.4, -0.2) is 55.5 Å². The number of aliphatic imine (C=N–C) groups is 1. The van der Waals surface area contributed by atoms with Gasteiger partial charge in [-0.05, 0) is 46.0 Å². The highest BCUT2D eigenvalue weighted by Crippen LogP contribution is 2.34. The molecule has 7 nitrogen and oxygen atoms in total. The van der Waals surface area contributed by atoms with E-state index in [2.05, 4.69) is 34.8 Å². The van der Waals surface area contributed by atoms with E-state index >= 15 is 0 Å². The topological polar surface area (TPSA) is 84.0 Å². The van der Waals surface area contributed by atoms with Crippen molar-refractivity contribution >= 4 is 12.1 Å². The average Bonchev–Trinajstić information content (AvgIpc) is 3.10. The van der Waals surface area contributed by atoms with E-state index in [1.807, 2.05) is 20.8 Å². The third-order valence-corrected chi connectivity index (χ3v) is 4.65. The second-order valence-corrected chi connectivity index (χ2v) is 8.31. The number of rotatable bonds is 5. The molecule has 2 saturated heterocycles. The lowest BCUT2D eigenvalue weighted by Crippen LogP contribution is -2.52. The number of amides is 1. The van der Waals surface area contributed by atoms with Gasteiger partial charge in [0.2, 0.25) is 0 Å². The third kappa shape index (κ3) is 6.06. The van der Waals surface area contributed by atoms with E-state index in [1.165, 1.54) is 6.42 Å². The van der Waals surface area contributed by atoms with E-state index < -0.39 is 11.7 Å². The van der Waals surface area contributed by atoms with Gasteiger partial charge in [-0.15, -0.1) is 0 Å². The zero-order valence-corrected chi connectivity index (χ0v) is 16.4. The minimum absolute atomic E-state index is 0.0512. The van der Waals surface area contributed by atoms with E-state index in [0.717, 1.165) is 18.8 Å². The maximum atomic E-state index is 12.0. The van der Waals surface area contributed by atoms with Gasteiger partial charge in [-0.3, -0.25) is 4.99 Å². The third-order valence-electron chi connectivity index (χ3n) is 4.65. The highest BCUT2D eigenvalue weighted by molar-refractivity contribution is 5.80. The van der Waals surface area contributed by atoms with Crippen LogP contribution in [0.25, 0.3) is 0 Å². The first-order valence-electron chi connectivity index (χ1n) is 9.30. The van der Waals surface area contributed by atoms with Crippen LogP contribution in [0.2, 0.25) is 0 Å². The Bertz CT molecular complexity index is 487. The predicted octanol–water partition coefficient (Wildman–Crippen LogP) is 2.02. The smallest absolute Gasteiger partial charge is 0.407 e. The van der Waals surface area contributed by atoms with Crippen molar-refractivity contribution in [2.45, 2.75) is 83.8 Å². The molecule has 0 aromatic rings. The van der Waals surface area contributed by atoms with Gasteiger partial charge < -0.3 is 25.4 Å². The number of carbonyl (C=O) groups excluding carboxylic acids is 1. The van der Waals surface area contributed by atoms with Crippen LogP contribution >= 0.6 is 0 Å². The van der Waals surface area contributed by atoms with Crippen LogP contribution in [-0.2, 0) is 9.47 Å². The van der Waals surface area contributed by atoms with Gasteiger partial charge in [0, 0.05) is 13.6 Å². The van der Waals surface area contributed by atoms with Crippen molar-refractivity contribution in [1.29, 1.82) is 0 Å². The number of hydrogen-bond donors (Lipinski definition) is 3. The lowest BCUT2D eigenvalue weighted by Gasteiger charge is -2.27. The van der Waals surface area contributed by atoms with Crippen LogP contribution in [0, 0.1) is 5.92 Å². The highest BCUT2D eigenvalue weighted by Gasteiger charge is 2.41. The van der Waals surface area contributed by atoms with Crippen LogP contribution in [0.3, 0.4) is 0 Å². The summed E-state index contributed by atoms with van der Waals surface area (Å²) in [6.07, 6.45) is 3.63. The Morgan fingerprint density at radius 1 is 1.32 bits per heavy atom. The largest absolute Gasteiger partial charge is 0.444 e. The van der Waals surface area contributed by atoms with E-state index in [9.17, 15) is 4.79 Å². The first-order valence-corrected chi connectivity index (χ1v) is 9.30. The Morgan fingerprint density at radius 2 is 2.04 bits per heavy atom. The summed E-state index contributed by atoms with van der Waals surface area (Å²) in [5.41, 5.74) is -0.502. The maximum Gasteiger partial charge on any atom is 0.407 e. The van der Waals surface area contributed by atoms with Crippen molar-refractivity contribution < 1.29 is 14.3 Å². The standard InChI is InChI=1S/C18H34N4O3/c1-11(2)14(22-17(23)25-18(3,4)5)10-20-16(19-6)21-13-9-12-7-8-15(13)24-12/h11-15H,7-10H2,1-6H3,(H,22,23)(H2,19,20,21). The first-order chi connectivity index (χ1) is 11.7. The molecule has 1 amide bonds. The molecule has 2 aliphatic heterocycles. The molecule has 3 N–H and O–H groups in total. The lowest BCUT2D eigenvalue weighted by atomic mass is 9.96. The monoisotopic (exact) mass is 354 g/mol. The zero-order chi connectivity index (χ0) is 18.6. The van der Waals surface area contributed by atoms with E-state index in [-0.39, 0.29) is 12.0 Å². The zero-order valence-electron chi connectivity index (χ0n) is 16.4.